The number of fused-ring (bicyclic) bond motifs is 1. The third-order valence-electron chi connectivity index (χ3n) is 2.99. The van der Waals surface area contributed by atoms with Crippen LogP contribution in [-0.4, -0.2) is 24.5 Å². The van der Waals surface area contributed by atoms with Gasteiger partial charge >= 0.3 is 0 Å². The van der Waals surface area contributed by atoms with E-state index >= 15 is 0 Å². The monoisotopic (exact) mass is 217 g/mol. The van der Waals surface area contributed by atoms with E-state index in [1.165, 1.54) is 0 Å². The number of amides is 2. The number of hydrogen-bond acceptors (Lipinski definition) is 3. The number of imide groups is 1. The van der Waals surface area contributed by atoms with Crippen molar-refractivity contribution in [3.05, 3.63) is 34.9 Å². The molecule has 0 saturated carbocycles. The lowest BCUT2D eigenvalue weighted by molar-refractivity contribution is 0.0879. The van der Waals surface area contributed by atoms with Crippen LogP contribution in [-0.2, 0) is 11.2 Å². The van der Waals surface area contributed by atoms with Crippen LogP contribution in [0.2, 0.25) is 0 Å². The van der Waals surface area contributed by atoms with Crippen LogP contribution in [0, 0.1) is 0 Å². The summed E-state index contributed by atoms with van der Waals surface area (Å²) in [6.07, 6.45) is 2.04. The molecule has 2 aliphatic heterocycles. The second-order valence-corrected chi connectivity index (χ2v) is 4.12. The largest absolute Gasteiger partial charge is 0.373 e. The first-order valence-corrected chi connectivity index (χ1v) is 5.35. The second-order valence-electron chi connectivity index (χ2n) is 4.12. The maximum Gasteiger partial charge on any atom is 0.259 e. The van der Waals surface area contributed by atoms with Gasteiger partial charge in [0.25, 0.3) is 11.8 Å². The highest BCUT2D eigenvalue weighted by molar-refractivity contribution is 6.22. The van der Waals surface area contributed by atoms with E-state index in [2.05, 4.69) is 5.32 Å². The number of aryl methyl sites for hydroxylation is 1. The quantitative estimate of drug-likeness (QED) is 0.604. The molecule has 1 N–H and O–H groups in total. The predicted molar refractivity (Wildman–Crippen MR) is 56.3 cm³/mol. The average molecular weight is 217 g/mol. The summed E-state index contributed by atoms with van der Waals surface area (Å²) in [6, 6.07) is 5.41. The summed E-state index contributed by atoms with van der Waals surface area (Å²) in [5.41, 5.74) is 1.99. The van der Waals surface area contributed by atoms with Gasteiger partial charge in [-0.15, -0.1) is 0 Å². The molecule has 1 saturated heterocycles. The minimum atomic E-state index is -0.287. The first-order valence-electron chi connectivity index (χ1n) is 5.35. The lowest BCUT2D eigenvalue weighted by Crippen LogP contribution is -2.20. The van der Waals surface area contributed by atoms with E-state index in [4.69, 9.17) is 4.74 Å². The lowest BCUT2D eigenvalue weighted by atomic mass is 9.98. The zero-order valence-electron chi connectivity index (χ0n) is 8.66. The molecule has 2 heterocycles. The summed E-state index contributed by atoms with van der Waals surface area (Å²) < 4.78 is 5.13. The Bertz CT molecular complexity index is 477. The van der Waals surface area contributed by atoms with Crippen LogP contribution < -0.4 is 5.32 Å². The first-order chi connectivity index (χ1) is 7.75. The van der Waals surface area contributed by atoms with Gasteiger partial charge in [-0.25, -0.2) is 0 Å². The molecule has 82 valence electrons. The fourth-order valence-electron chi connectivity index (χ4n) is 2.05. The fourth-order valence-corrected chi connectivity index (χ4v) is 2.05. The molecule has 1 aromatic carbocycles. The molecule has 0 spiro atoms. The molecule has 1 atom stereocenters. The fraction of sp³-hybridized carbons (Fsp3) is 0.333. The number of ether oxygens (including phenoxy) is 1. The maximum atomic E-state index is 11.6. The maximum absolute atomic E-state index is 11.6. The number of nitrogens with one attached hydrogen (secondary N) is 1. The van der Waals surface area contributed by atoms with Crippen LogP contribution in [0.15, 0.2) is 18.2 Å². The Labute approximate surface area is 92.6 Å². The van der Waals surface area contributed by atoms with Crippen molar-refractivity contribution in [1.29, 1.82) is 0 Å². The molecule has 0 aromatic heterocycles. The summed E-state index contributed by atoms with van der Waals surface area (Å²) in [4.78, 5) is 23.0. The van der Waals surface area contributed by atoms with Gasteiger partial charge in [0, 0.05) is 0 Å². The van der Waals surface area contributed by atoms with Crippen molar-refractivity contribution in [1.82, 2.24) is 5.32 Å². The molecule has 0 aliphatic carbocycles. The number of carbonyl (C=O) groups excluding carboxylic acids is 2. The van der Waals surface area contributed by atoms with Crippen molar-refractivity contribution >= 4 is 11.8 Å². The van der Waals surface area contributed by atoms with E-state index < -0.39 is 0 Å². The van der Waals surface area contributed by atoms with Gasteiger partial charge in [-0.05, 0) is 24.5 Å². The van der Waals surface area contributed by atoms with Gasteiger partial charge in [-0.1, -0.05) is 12.1 Å². The van der Waals surface area contributed by atoms with Gasteiger partial charge in [-0.3, -0.25) is 14.9 Å². The topological polar surface area (TPSA) is 58.7 Å². The molecule has 4 heteroatoms. The Kier molecular flexibility index (Phi) is 2.04. The van der Waals surface area contributed by atoms with E-state index in [0.717, 1.165) is 25.0 Å². The van der Waals surface area contributed by atoms with Gasteiger partial charge in [-0.2, -0.15) is 0 Å². The minimum Gasteiger partial charge on any atom is -0.373 e. The Morgan fingerprint density at radius 3 is 2.88 bits per heavy atom. The number of carbonyl (C=O) groups is 2. The Balaban J connectivity index is 1.92. The molecule has 0 bridgehead atoms. The normalized spacial score (nSPS) is 21.9. The minimum absolute atomic E-state index is 0.271. The molecule has 16 heavy (non-hydrogen) atoms. The van der Waals surface area contributed by atoms with Gasteiger partial charge < -0.3 is 4.74 Å². The van der Waals surface area contributed by atoms with Crippen LogP contribution in [0.5, 0.6) is 0 Å². The van der Waals surface area contributed by atoms with E-state index in [1.54, 1.807) is 6.07 Å². The van der Waals surface area contributed by atoms with Crippen molar-refractivity contribution < 1.29 is 14.3 Å². The van der Waals surface area contributed by atoms with Gasteiger partial charge in [0.15, 0.2) is 0 Å². The highest BCUT2D eigenvalue weighted by Gasteiger charge is 2.30. The van der Waals surface area contributed by atoms with Crippen LogP contribution in [0.4, 0.5) is 0 Å². The third kappa shape index (κ3) is 1.51. The summed E-state index contributed by atoms with van der Waals surface area (Å²) in [5.74, 6) is -0.558. The van der Waals surface area contributed by atoms with Gasteiger partial charge in [0.2, 0.25) is 0 Å². The zero-order chi connectivity index (χ0) is 11.1. The SMILES string of the molecule is O=C1NC(=O)c2c(CCC3CO3)cccc21. The Morgan fingerprint density at radius 2 is 2.12 bits per heavy atom. The van der Waals surface area contributed by atoms with Crippen molar-refractivity contribution in [3.8, 4) is 0 Å². The number of hydrogen-bond donors (Lipinski definition) is 1. The molecule has 1 aromatic rings. The molecule has 4 nitrogen and oxygen atoms in total. The standard InChI is InChI=1S/C12H11NO3/c14-11-9-3-1-2-7(4-5-8-6-16-8)10(9)12(15)13-11/h1-3,8H,4-6H2,(H,13,14,15). The molecule has 1 fully saturated rings. The zero-order valence-corrected chi connectivity index (χ0v) is 8.66. The Morgan fingerprint density at radius 1 is 1.31 bits per heavy atom. The van der Waals surface area contributed by atoms with Crippen molar-refractivity contribution in [2.45, 2.75) is 18.9 Å². The van der Waals surface area contributed by atoms with Gasteiger partial charge in [0.05, 0.1) is 23.8 Å². The summed E-state index contributed by atoms with van der Waals surface area (Å²) in [7, 11) is 0. The van der Waals surface area contributed by atoms with Gasteiger partial charge in [0.1, 0.15) is 0 Å². The summed E-state index contributed by atoms with van der Waals surface area (Å²) in [6.45, 7) is 0.820. The second kappa shape index (κ2) is 3.42. The number of rotatable bonds is 3. The first kappa shape index (κ1) is 9.54. The van der Waals surface area contributed by atoms with E-state index in [-0.39, 0.29) is 11.8 Å². The molecule has 0 radical (unpaired) electrons. The smallest absolute Gasteiger partial charge is 0.259 e. The number of benzene rings is 1. The van der Waals surface area contributed by atoms with E-state index in [0.29, 0.717) is 17.2 Å². The molecular weight excluding hydrogens is 206 g/mol. The van der Waals surface area contributed by atoms with E-state index in [9.17, 15) is 9.59 Å². The van der Waals surface area contributed by atoms with Crippen LogP contribution in [0.1, 0.15) is 32.7 Å². The van der Waals surface area contributed by atoms with Crippen molar-refractivity contribution in [2.75, 3.05) is 6.61 Å². The highest BCUT2D eigenvalue weighted by Crippen LogP contribution is 2.23. The molecule has 2 amide bonds. The lowest BCUT2D eigenvalue weighted by Gasteiger charge is -2.03. The highest BCUT2D eigenvalue weighted by atomic mass is 16.6. The van der Waals surface area contributed by atoms with Crippen molar-refractivity contribution in [2.24, 2.45) is 0 Å². The third-order valence-corrected chi connectivity index (χ3v) is 2.99. The molecule has 2 aliphatic rings. The van der Waals surface area contributed by atoms with Crippen LogP contribution in [0.3, 0.4) is 0 Å². The molecular formula is C12H11NO3. The summed E-state index contributed by atoms with van der Waals surface area (Å²) >= 11 is 0. The number of epoxide rings is 1. The average Bonchev–Trinajstić information content (AvgIpc) is 3.04. The van der Waals surface area contributed by atoms with Crippen LogP contribution in [0.25, 0.3) is 0 Å². The van der Waals surface area contributed by atoms with Crippen LogP contribution >= 0.6 is 0 Å². The Hall–Kier alpha value is -1.68. The predicted octanol–water partition coefficient (Wildman–Crippen LogP) is 0.902. The molecule has 3 rings (SSSR count). The summed E-state index contributed by atoms with van der Waals surface area (Å²) in [5, 5.41) is 2.32. The van der Waals surface area contributed by atoms with Crippen molar-refractivity contribution in [3.63, 3.8) is 0 Å². The molecule has 1 unspecified atom stereocenters. The van der Waals surface area contributed by atoms with E-state index in [1.807, 2.05) is 12.1 Å².